The Balaban J connectivity index is 2.71. The molecule has 0 aliphatic rings. The molecule has 0 spiro atoms. The largest absolute Gasteiger partial charge is 0.575 e. The molecule has 1 heterocycles. The highest BCUT2D eigenvalue weighted by atomic mass is 19.4. The summed E-state index contributed by atoms with van der Waals surface area (Å²) >= 11 is 0. The summed E-state index contributed by atoms with van der Waals surface area (Å²) in [4.78, 5) is 6.37. The van der Waals surface area contributed by atoms with Crippen LogP contribution in [0.25, 0.3) is 0 Å². The molecular formula is C5H2BF3N2O. The Morgan fingerprint density at radius 3 is 2.17 bits per heavy atom. The summed E-state index contributed by atoms with van der Waals surface area (Å²) in [6.45, 7) is 0. The first-order valence-corrected chi connectivity index (χ1v) is 2.80. The Labute approximate surface area is 67.0 Å². The second-order valence-electron chi connectivity index (χ2n) is 1.85. The molecule has 2 radical (unpaired) electrons. The molecule has 7 heteroatoms. The number of hydrogen-bond acceptors (Lipinski definition) is 3. The number of halogens is 3. The predicted molar refractivity (Wildman–Crippen MR) is 34.1 cm³/mol. The van der Waals surface area contributed by atoms with E-state index in [1.54, 1.807) is 0 Å². The topological polar surface area (TPSA) is 35.0 Å². The quantitative estimate of drug-likeness (QED) is 0.569. The van der Waals surface area contributed by atoms with E-state index in [0.29, 0.717) is 0 Å². The first-order chi connectivity index (χ1) is 5.47. The lowest BCUT2D eigenvalue weighted by Gasteiger charge is -2.05. The Hall–Kier alpha value is -1.27. The van der Waals surface area contributed by atoms with Gasteiger partial charge in [0.25, 0.3) is 0 Å². The van der Waals surface area contributed by atoms with Gasteiger partial charge in [-0.1, -0.05) is 5.46 Å². The van der Waals surface area contributed by atoms with Crippen LogP contribution in [0.1, 0.15) is 0 Å². The molecule has 12 heavy (non-hydrogen) atoms. The molecule has 0 bridgehead atoms. The van der Waals surface area contributed by atoms with Gasteiger partial charge in [-0.15, -0.1) is 13.2 Å². The molecule has 0 fully saturated rings. The van der Waals surface area contributed by atoms with Crippen LogP contribution in [-0.2, 0) is 0 Å². The van der Waals surface area contributed by atoms with Gasteiger partial charge in [-0.3, -0.25) is 0 Å². The normalized spacial score (nSPS) is 11.2. The highest BCUT2D eigenvalue weighted by molar-refractivity contribution is 6.31. The third-order valence-electron chi connectivity index (χ3n) is 0.855. The van der Waals surface area contributed by atoms with Gasteiger partial charge in [0.1, 0.15) is 7.85 Å². The zero-order valence-corrected chi connectivity index (χ0v) is 5.67. The molecule has 1 aromatic heterocycles. The van der Waals surface area contributed by atoms with Crippen molar-refractivity contribution in [3.05, 3.63) is 12.4 Å². The zero-order valence-electron chi connectivity index (χ0n) is 5.67. The van der Waals surface area contributed by atoms with Crippen LogP contribution in [0.3, 0.4) is 0 Å². The molecule has 0 amide bonds. The predicted octanol–water partition coefficient (Wildman–Crippen LogP) is 0.169. The molecule has 1 aromatic rings. The number of nitrogens with zero attached hydrogens (tertiary/aromatic N) is 2. The van der Waals surface area contributed by atoms with E-state index in [9.17, 15) is 13.2 Å². The van der Waals surface area contributed by atoms with Crippen LogP contribution >= 0.6 is 0 Å². The fourth-order valence-corrected chi connectivity index (χ4v) is 0.482. The van der Waals surface area contributed by atoms with E-state index >= 15 is 0 Å². The molecule has 3 nitrogen and oxygen atoms in total. The van der Waals surface area contributed by atoms with Crippen molar-refractivity contribution in [1.82, 2.24) is 9.97 Å². The summed E-state index contributed by atoms with van der Waals surface area (Å²) in [6, 6.07) is -0.767. The third-order valence-corrected chi connectivity index (χ3v) is 0.855. The SMILES string of the molecule is [B]c1cnc(OC(F)(F)F)nc1. The Morgan fingerprint density at radius 1 is 1.25 bits per heavy atom. The van der Waals surface area contributed by atoms with Gasteiger partial charge in [0.2, 0.25) is 0 Å². The minimum atomic E-state index is -4.77. The van der Waals surface area contributed by atoms with Crippen LogP contribution in [-0.4, -0.2) is 24.2 Å². The van der Waals surface area contributed by atoms with Crippen LogP contribution in [0, 0.1) is 0 Å². The van der Waals surface area contributed by atoms with Crippen LogP contribution in [0.15, 0.2) is 12.4 Å². The van der Waals surface area contributed by atoms with Gasteiger partial charge in [-0.25, -0.2) is 9.97 Å². The maximum absolute atomic E-state index is 11.5. The molecule has 0 unspecified atom stereocenters. The smallest absolute Gasteiger partial charge is 0.371 e. The number of aromatic nitrogens is 2. The summed E-state index contributed by atoms with van der Waals surface area (Å²) in [5, 5.41) is 0. The van der Waals surface area contributed by atoms with Gasteiger partial charge >= 0.3 is 12.4 Å². The lowest BCUT2D eigenvalue weighted by Crippen LogP contribution is -2.19. The van der Waals surface area contributed by atoms with Crippen molar-refractivity contribution in [1.29, 1.82) is 0 Å². The van der Waals surface area contributed by atoms with Gasteiger partial charge in [0.05, 0.1) is 0 Å². The van der Waals surface area contributed by atoms with E-state index in [0.717, 1.165) is 12.4 Å². The van der Waals surface area contributed by atoms with Crippen molar-refractivity contribution in [2.75, 3.05) is 0 Å². The third kappa shape index (κ3) is 2.77. The standard InChI is InChI=1S/C5H2BF3N2O/c6-3-1-10-4(11-2-3)12-5(7,8)9/h1-2H. The van der Waals surface area contributed by atoms with E-state index in [4.69, 9.17) is 7.85 Å². The molecule has 1 rings (SSSR count). The van der Waals surface area contributed by atoms with Crippen LogP contribution in [0.4, 0.5) is 13.2 Å². The fourth-order valence-electron chi connectivity index (χ4n) is 0.482. The van der Waals surface area contributed by atoms with Crippen molar-refractivity contribution in [3.63, 3.8) is 0 Å². The van der Waals surface area contributed by atoms with E-state index in [1.807, 2.05) is 0 Å². The molecule has 0 N–H and O–H groups in total. The van der Waals surface area contributed by atoms with E-state index in [2.05, 4.69) is 14.7 Å². The molecule has 0 aromatic carbocycles. The molecule has 0 aliphatic carbocycles. The van der Waals surface area contributed by atoms with Gasteiger partial charge in [0, 0.05) is 12.4 Å². The number of ether oxygens (including phenoxy) is 1. The summed E-state index contributed by atoms with van der Waals surface area (Å²) in [5.74, 6) is 0. The number of hydrogen-bond donors (Lipinski definition) is 0. The highest BCUT2D eigenvalue weighted by Gasteiger charge is 2.32. The summed E-state index contributed by atoms with van der Waals surface area (Å²) in [5.41, 5.74) is 0.171. The Kier molecular flexibility index (Phi) is 2.21. The van der Waals surface area contributed by atoms with E-state index in [1.165, 1.54) is 0 Å². The van der Waals surface area contributed by atoms with Crippen molar-refractivity contribution < 1.29 is 17.9 Å². The summed E-state index contributed by atoms with van der Waals surface area (Å²) < 4.78 is 37.9. The Morgan fingerprint density at radius 2 is 1.75 bits per heavy atom. The summed E-state index contributed by atoms with van der Waals surface area (Å²) in [7, 11) is 5.13. The van der Waals surface area contributed by atoms with Gasteiger partial charge in [-0.2, -0.15) is 0 Å². The molecule has 0 aliphatic heterocycles. The lowest BCUT2D eigenvalue weighted by molar-refractivity contribution is -0.277. The maximum Gasteiger partial charge on any atom is 0.575 e. The van der Waals surface area contributed by atoms with Crippen molar-refractivity contribution in [2.45, 2.75) is 6.36 Å². The van der Waals surface area contributed by atoms with E-state index < -0.39 is 12.4 Å². The fraction of sp³-hybridized carbons (Fsp3) is 0.200. The molecule has 0 atom stereocenters. The molecule has 0 saturated heterocycles. The summed E-state index contributed by atoms with van der Waals surface area (Å²) in [6.07, 6.45) is -2.72. The Bertz CT molecular complexity index is 260. The maximum atomic E-state index is 11.5. The van der Waals surface area contributed by atoms with E-state index in [-0.39, 0.29) is 5.46 Å². The molecule has 62 valence electrons. The second-order valence-corrected chi connectivity index (χ2v) is 1.85. The number of alkyl halides is 3. The molecular weight excluding hydrogens is 172 g/mol. The van der Waals surface area contributed by atoms with Gasteiger partial charge in [-0.05, 0) is 0 Å². The minimum Gasteiger partial charge on any atom is -0.371 e. The minimum absolute atomic E-state index is 0.171. The average molecular weight is 174 g/mol. The first kappa shape index (κ1) is 8.83. The monoisotopic (exact) mass is 174 g/mol. The lowest BCUT2D eigenvalue weighted by atomic mass is 10.0. The van der Waals surface area contributed by atoms with Crippen molar-refractivity contribution in [2.24, 2.45) is 0 Å². The van der Waals surface area contributed by atoms with Crippen LogP contribution in [0.5, 0.6) is 6.01 Å². The van der Waals surface area contributed by atoms with Crippen molar-refractivity contribution in [3.8, 4) is 6.01 Å². The van der Waals surface area contributed by atoms with Gasteiger partial charge in [0.15, 0.2) is 0 Å². The average Bonchev–Trinajstić information content (AvgIpc) is 1.91. The first-order valence-electron chi connectivity index (χ1n) is 2.80. The highest BCUT2D eigenvalue weighted by Crippen LogP contribution is 2.17. The van der Waals surface area contributed by atoms with Gasteiger partial charge < -0.3 is 4.74 Å². The van der Waals surface area contributed by atoms with Crippen LogP contribution in [0.2, 0.25) is 0 Å². The molecule has 0 saturated carbocycles. The zero-order chi connectivity index (χ0) is 9.19. The second kappa shape index (κ2) is 3.00. The number of rotatable bonds is 1. The van der Waals surface area contributed by atoms with Crippen molar-refractivity contribution >= 4 is 13.3 Å². The van der Waals surface area contributed by atoms with Crippen LogP contribution < -0.4 is 10.2 Å².